The van der Waals surface area contributed by atoms with Crippen LogP contribution in [0.3, 0.4) is 0 Å². The number of phenolic OH excluding ortho intramolecular Hbond substituents is 1. The molecular formula is C21H20N4O2. The lowest BCUT2D eigenvalue weighted by Gasteiger charge is -2.11. The molecule has 136 valence electrons. The highest BCUT2D eigenvalue weighted by molar-refractivity contribution is 5.80. The van der Waals surface area contributed by atoms with E-state index in [0.717, 1.165) is 28.4 Å². The van der Waals surface area contributed by atoms with Gasteiger partial charge in [0.15, 0.2) is 17.1 Å². The van der Waals surface area contributed by atoms with E-state index in [1.54, 1.807) is 24.5 Å². The molecule has 0 spiro atoms. The fourth-order valence-corrected chi connectivity index (χ4v) is 3.24. The van der Waals surface area contributed by atoms with Crippen molar-refractivity contribution in [2.45, 2.75) is 13.8 Å². The topological polar surface area (TPSA) is 71.7 Å². The molecule has 0 saturated heterocycles. The number of anilines is 2. The van der Waals surface area contributed by atoms with Crippen LogP contribution in [-0.2, 0) is 0 Å². The zero-order valence-electron chi connectivity index (χ0n) is 15.4. The van der Waals surface area contributed by atoms with E-state index in [2.05, 4.69) is 42.3 Å². The van der Waals surface area contributed by atoms with Gasteiger partial charge in [-0.2, -0.15) is 0 Å². The SMILES string of the molecule is COc1cc(-c2nc3cnccn3c2Nc2cc(C)cc(C)c2)ccc1O. The normalized spacial score (nSPS) is 10.9. The van der Waals surface area contributed by atoms with Crippen LogP contribution in [-0.4, -0.2) is 26.6 Å². The third kappa shape index (κ3) is 3.17. The number of rotatable bonds is 4. The Morgan fingerprint density at radius 2 is 1.85 bits per heavy atom. The molecule has 2 heterocycles. The number of aryl methyl sites for hydroxylation is 2. The monoisotopic (exact) mass is 360 g/mol. The van der Waals surface area contributed by atoms with E-state index in [1.165, 1.54) is 18.2 Å². The number of methoxy groups -OCH3 is 1. The van der Waals surface area contributed by atoms with Gasteiger partial charge in [-0.1, -0.05) is 6.07 Å². The summed E-state index contributed by atoms with van der Waals surface area (Å²) >= 11 is 0. The lowest BCUT2D eigenvalue weighted by Crippen LogP contribution is -1.98. The highest BCUT2D eigenvalue weighted by atomic mass is 16.5. The lowest BCUT2D eigenvalue weighted by molar-refractivity contribution is 0.373. The van der Waals surface area contributed by atoms with Crippen LogP contribution in [0.5, 0.6) is 11.5 Å². The van der Waals surface area contributed by atoms with Gasteiger partial charge in [-0.05, 0) is 55.3 Å². The molecule has 6 heteroatoms. The van der Waals surface area contributed by atoms with Crippen molar-refractivity contribution in [2.75, 3.05) is 12.4 Å². The number of ether oxygens (including phenoxy) is 1. The van der Waals surface area contributed by atoms with Gasteiger partial charge >= 0.3 is 0 Å². The maximum atomic E-state index is 9.91. The summed E-state index contributed by atoms with van der Waals surface area (Å²) in [5, 5.41) is 13.4. The largest absolute Gasteiger partial charge is 0.504 e. The van der Waals surface area contributed by atoms with Crippen LogP contribution in [0.2, 0.25) is 0 Å². The Hall–Kier alpha value is -3.54. The predicted molar refractivity (Wildman–Crippen MR) is 106 cm³/mol. The molecule has 2 N–H and O–H groups in total. The van der Waals surface area contributed by atoms with Crippen LogP contribution in [0.1, 0.15) is 11.1 Å². The Labute approximate surface area is 157 Å². The number of hydrogen-bond acceptors (Lipinski definition) is 5. The average Bonchev–Trinajstić information content (AvgIpc) is 3.00. The minimum absolute atomic E-state index is 0.0931. The second-order valence-corrected chi connectivity index (χ2v) is 6.50. The molecule has 0 aliphatic rings. The van der Waals surface area contributed by atoms with Crippen LogP contribution in [0.25, 0.3) is 16.9 Å². The molecule has 4 aromatic rings. The molecular weight excluding hydrogens is 340 g/mol. The Bertz CT molecular complexity index is 1110. The Morgan fingerprint density at radius 1 is 1.07 bits per heavy atom. The lowest BCUT2D eigenvalue weighted by atomic mass is 10.1. The summed E-state index contributed by atoms with van der Waals surface area (Å²) in [7, 11) is 1.53. The number of nitrogens with one attached hydrogen (secondary N) is 1. The zero-order valence-corrected chi connectivity index (χ0v) is 15.4. The summed E-state index contributed by atoms with van der Waals surface area (Å²) in [5.74, 6) is 1.32. The van der Waals surface area contributed by atoms with Crippen molar-refractivity contribution < 1.29 is 9.84 Å². The number of fused-ring (bicyclic) bond motifs is 1. The van der Waals surface area contributed by atoms with Crippen molar-refractivity contribution in [3.8, 4) is 22.8 Å². The molecule has 4 rings (SSSR count). The van der Waals surface area contributed by atoms with Crippen molar-refractivity contribution in [1.82, 2.24) is 14.4 Å². The summed E-state index contributed by atoms with van der Waals surface area (Å²) in [6, 6.07) is 11.5. The second-order valence-electron chi connectivity index (χ2n) is 6.50. The molecule has 0 bridgehead atoms. The van der Waals surface area contributed by atoms with Gasteiger partial charge in [-0.3, -0.25) is 9.38 Å². The van der Waals surface area contributed by atoms with Gasteiger partial charge in [-0.25, -0.2) is 4.98 Å². The van der Waals surface area contributed by atoms with Crippen molar-refractivity contribution in [3.05, 3.63) is 66.1 Å². The molecule has 2 aromatic heterocycles. The smallest absolute Gasteiger partial charge is 0.161 e. The van der Waals surface area contributed by atoms with Crippen LogP contribution in [0.4, 0.5) is 11.5 Å². The second kappa shape index (κ2) is 6.64. The molecule has 0 fully saturated rings. The quantitative estimate of drug-likeness (QED) is 0.562. The van der Waals surface area contributed by atoms with E-state index in [4.69, 9.17) is 9.72 Å². The van der Waals surface area contributed by atoms with Crippen molar-refractivity contribution in [1.29, 1.82) is 0 Å². The van der Waals surface area contributed by atoms with E-state index in [9.17, 15) is 5.11 Å². The first-order valence-electron chi connectivity index (χ1n) is 8.60. The van der Waals surface area contributed by atoms with Gasteiger partial charge < -0.3 is 15.2 Å². The molecule has 0 atom stereocenters. The number of aromatic nitrogens is 3. The van der Waals surface area contributed by atoms with Crippen LogP contribution >= 0.6 is 0 Å². The number of imidazole rings is 1. The van der Waals surface area contributed by atoms with Crippen LogP contribution in [0.15, 0.2) is 55.0 Å². The molecule has 0 radical (unpaired) electrons. The first-order valence-corrected chi connectivity index (χ1v) is 8.60. The van der Waals surface area contributed by atoms with E-state index in [-0.39, 0.29) is 5.75 Å². The molecule has 6 nitrogen and oxygen atoms in total. The maximum absolute atomic E-state index is 9.91. The number of hydrogen-bond donors (Lipinski definition) is 2. The van der Waals surface area contributed by atoms with E-state index in [0.29, 0.717) is 5.75 Å². The van der Waals surface area contributed by atoms with Gasteiger partial charge in [0.2, 0.25) is 0 Å². The average molecular weight is 360 g/mol. The van der Waals surface area contributed by atoms with Gasteiger partial charge in [0.25, 0.3) is 0 Å². The molecule has 0 saturated carbocycles. The Balaban J connectivity index is 1.89. The third-order valence-electron chi connectivity index (χ3n) is 4.37. The number of phenols is 1. The predicted octanol–water partition coefficient (Wildman–Crippen LogP) is 4.47. The van der Waals surface area contributed by atoms with Gasteiger partial charge in [-0.15, -0.1) is 0 Å². The number of aromatic hydroxyl groups is 1. The van der Waals surface area contributed by atoms with Crippen molar-refractivity contribution in [2.24, 2.45) is 0 Å². The van der Waals surface area contributed by atoms with Crippen LogP contribution in [0, 0.1) is 13.8 Å². The minimum atomic E-state index is 0.0931. The highest BCUT2D eigenvalue weighted by Gasteiger charge is 2.16. The molecule has 0 aliphatic heterocycles. The van der Waals surface area contributed by atoms with E-state index < -0.39 is 0 Å². The third-order valence-corrected chi connectivity index (χ3v) is 4.37. The Morgan fingerprint density at radius 3 is 2.59 bits per heavy atom. The van der Waals surface area contributed by atoms with Crippen molar-refractivity contribution >= 4 is 17.2 Å². The number of nitrogens with zero attached hydrogens (tertiary/aromatic N) is 3. The maximum Gasteiger partial charge on any atom is 0.161 e. The van der Waals surface area contributed by atoms with Crippen LogP contribution < -0.4 is 10.1 Å². The van der Waals surface area contributed by atoms with Gasteiger partial charge in [0, 0.05) is 23.6 Å². The first-order chi connectivity index (χ1) is 13.0. The summed E-state index contributed by atoms with van der Waals surface area (Å²) in [6.45, 7) is 4.14. The van der Waals surface area contributed by atoms with Gasteiger partial charge in [0.1, 0.15) is 11.5 Å². The van der Waals surface area contributed by atoms with Gasteiger partial charge in [0.05, 0.1) is 13.3 Å². The van der Waals surface area contributed by atoms with E-state index in [1.807, 2.05) is 16.7 Å². The van der Waals surface area contributed by atoms with E-state index >= 15 is 0 Å². The summed E-state index contributed by atoms with van der Waals surface area (Å²) in [5.41, 5.74) is 5.66. The molecule has 2 aromatic carbocycles. The Kier molecular flexibility index (Phi) is 4.16. The molecule has 0 amide bonds. The molecule has 27 heavy (non-hydrogen) atoms. The fraction of sp³-hybridized carbons (Fsp3) is 0.143. The highest BCUT2D eigenvalue weighted by Crippen LogP contribution is 2.36. The summed E-state index contributed by atoms with van der Waals surface area (Å²) in [4.78, 5) is 8.90. The first kappa shape index (κ1) is 16.9. The zero-order chi connectivity index (χ0) is 19.0. The molecule has 0 unspecified atom stereocenters. The number of benzene rings is 2. The molecule has 0 aliphatic carbocycles. The minimum Gasteiger partial charge on any atom is -0.504 e. The summed E-state index contributed by atoms with van der Waals surface area (Å²) < 4.78 is 7.21. The summed E-state index contributed by atoms with van der Waals surface area (Å²) in [6.07, 6.45) is 5.31. The standard InChI is InChI=1S/C21H20N4O2/c1-13-8-14(2)10-16(9-13)23-21-20(24-19-12-22-6-7-25(19)21)15-4-5-17(26)18(11-15)27-3/h4-12,23,26H,1-3H3. The fourth-order valence-electron chi connectivity index (χ4n) is 3.24. The van der Waals surface area contributed by atoms with Crippen molar-refractivity contribution in [3.63, 3.8) is 0 Å².